The number of hydrogen-bond donors (Lipinski definition) is 3. The summed E-state index contributed by atoms with van der Waals surface area (Å²) in [7, 11) is 0. The second-order valence-electron chi connectivity index (χ2n) is 10.6. The maximum absolute atomic E-state index is 11.4. The third-order valence-electron chi connectivity index (χ3n) is 7.77. The van der Waals surface area contributed by atoms with Crippen LogP contribution in [0.4, 0.5) is 0 Å². The van der Waals surface area contributed by atoms with Crippen LogP contribution in [0.3, 0.4) is 0 Å². The van der Waals surface area contributed by atoms with E-state index in [1.807, 2.05) is 6.92 Å². The second kappa shape index (κ2) is 9.51. The molecule has 0 aromatic heterocycles. The number of phenols is 1. The molecule has 7 nitrogen and oxygen atoms in total. The van der Waals surface area contributed by atoms with Crippen molar-refractivity contribution < 1.29 is 34.3 Å². The standard InChI is InChI=1S/C27H38O7/c1-12(2)9-17-10-14(4)18-8-7-13(3)20-22(18)21(17)15(5)26(24(20)30)34-27-25(31)23(29)19(11-32-27)33-16(6)28/h9,13-14,17-19,23,25,27,29-31H,7-8,10-11H2,1-6H3/t13-,14-,17+,18+,19+,23+,25-,27-/m0/s1. The van der Waals surface area contributed by atoms with Gasteiger partial charge in [-0.3, -0.25) is 4.79 Å². The maximum Gasteiger partial charge on any atom is 0.303 e. The van der Waals surface area contributed by atoms with Gasteiger partial charge in [-0.25, -0.2) is 0 Å². The molecule has 0 spiro atoms. The smallest absolute Gasteiger partial charge is 0.303 e. The van der Waals surface area contributed by atoms with E-state index >= 15 is 0 Å². The van der Waals surface area contributed by atoms with Crippen molar-refractivity contribution in [2.75, 3.05) is 6.61 Å². The van der Waals surface area contributed by atoms with Crippen molar-refractivity contribution in [3.63, 3.8) is 0 Å². The van der Waals surface area contributed by atoms with Gasteiger partial charge in [0.1, 0.15) is 12.2 Å². The molecule has 0 radical (unpaired) electrons. The van der Waals surface area contributed by atoms with Crippen molar-refractivity contribution >= 4 is 5.97 Å². The van der Waals surface area contributed by atoms with Gasteiger partial charge in [-0.1, -0.05) is 25.5 Å². The monoisotopic (exact) mass is 474 g/mol. The van der Waals surface area contributed by atoms with Crippen LogP contribution in [0.15, 0.2) is 11.6 Å². The van der Waals surface area contributed by atoms with E-state index in [4.69, 9.17) is 14.2 Å². The van der Waals surface area contributed by atoms with Gasteiger partial charge in [-0.15, -0.1) is 0 Å². The Labute approximate surface area is 201 Å². The minimum Gasteiger partial charge on any atom is -0.504 e. The van der Waals surface area contributed by atoms with Gasteiger partial charge < -0.3 is 29.5 Å². The number of carbonyl (C=O) groups is 1. The van der Waals surface area contributed by atoms with E-state index < -0.39 is 30.6 Å². The molecule has 0 saturated carbocycles. The Morgan fingerprint density at radius 3 is 2.41 bits per heavy atom. The van der Waals surface area contributed by atoms with E-state index in [9.17, 15) is 20.1 Å². The number of rotatable bonds is 4. The predicted octanol–water partition coefficient (Wildman–Crippen LogP) is 4.16. The van der Waals surface area contributed by atoms with Gasteiger partial charge in [-0.2, -0.15) is 0 Å². The molecule has 0 unspecified atom stereocenters. The lowest BCUT2D eigenvalue weighted by atomic mass is 9.62. The van der Waals surface area contributed by atoms with Crippen LogP contribution >= 0.6 is 0 Å². The van der Waals surface area contributed by atoms with Crippen LogP contribution in [0.2, 0.25) is 0 Å². The highest BCUT2D eigenvalue weighted by Gasteiger charge is 2.44. The van der Waals surface area contributed by atoms with Crippen LogP contribution in [-0.2, 0) is 14.3 Å². The number of benzene rings is 1. The molecule has 1 fully saturated rings. The average molecular weight is 475 g/mol. The first-order chi connectivity index (χ1) is 16.0. The van der Waals surface area contributed by atoms with Gasteiger partial charge in [0.25, 0.3) is 0 Å². The molecule has 4 rings (SSSR count). The largest absolute Gasteiger partial charge is 0.504 e. The van der Waals surface area contributed by atoms with Crippen LogP contribution in [-0.4, -0.2) is 52.5 Å². The fourth-order valence-corrected chi connectivity index (χ4v) is 6.25. The summed E-state index contributed by atoms with van der Waals surface area (Å²) in [5.74, 6) is 1.16. The Morgan fingerprint density at radius 2 is 1.76 bits per heavy atom. The van der Waals surface area contributed by atoms with Crippen molar-refractivity contribution in [2.45, 2.75) is 103 Å². The Balaban J connectivity index is 1.76. The molecule has 188 valence electrons. The molecule has 1 heterocycles. The van der Waals surface area contributed by atoms with Crippen LogP contribution < -0.4 is 4.74 Å². The van der Waals surface area contributed by atoms with E-state index in [1.165, 1.54) is 23.6 Å². The molecule has 3 aliphatic rings. The van der Waals surface area contributed by atoms with Gasteiger partial charge >= 0.3 is 5.97 Å². The highest BCUT2D eigenvalue weighted by molar-refractivity contribution is 5.66. The molecule has 0 bridgehead atoms. The van der Waals surface area contributed by atoms with Crippen LogP contribution in [0.25, 0.3) is 0 Å². The van der Waals surface area contributed by atoms with E-state index in [2.05, 4.69) is 33.8 Å². The number of carbonyl (C=O) groups excluding carboxylic acids is 1. The van der Waals surface area contributed by atoms with Crippen molar-refractivity contribution in [2.24, 2.45) is 5.92 Å². The van der Waals surface area contributed by atoms with Crippen molar-refractivity contribution in [3.8, 4) is 11.5 Å². The summed E-state index contributed by atoms with van der Waals surface area (Å²) >= 11 is 0. The summed E-state index contributed by atoms with van der Waals surface area (Å²) < 4.78 is 16.8. The molecule has 1 aliphatic heterocycles. The van der Waals surface area contributed by atoms with E-state index in [-0.39, 0.29) is 24.2 Å². The number of allylic oxidation sites excluding steroid dienone is 2. The second-order valence-corrected chi connectivity index (χ2v) is 10.6. The molecule has 34 heavy (non-hydrogen) atoms. The fraction of sp³-hybridized carbons (Fsp3) is 0.667. The molecule has 2 aliphatic carbocycles. The summed E-state index contributed by atoms with van der Waals surface area (Å²) in [6, 6.07) is 0. The van der Waals surface area contributed by atoms with E-state index in [0.717, 1.165) is 30.4 Å². The number of hydrogen-bond acceptors (Lipinski definition) is 7. The molecule has 1 aromatic rings. The predicted molar refractivity (Wildman–Crippen MR) is 127 cm³/mol. The minimum atomic E-state index is -1.44. The van der Waals surface area contributed by atoms with E-state index in [0.29, 0.717) is 17.6 Å². The summed E-state index contributed by atoms with van der Waals surface area (Å²) in [6.07, 6.45) is 0.466. The lowest BCUT2D eigenvalue weighted by molar-refractivity contribution is -0.248. The summed E-state index contributed by atoms with van der Waals surface area (Å²) in [4.78, 5) is 11.3. The van der Waals surface area contributed by atoms with Crippen LogP contribution in [0.1, 0.15) is 93.9 Å². The number of aliphatic hydroxyl groups excluding tert-OH is 2. The summed E-state index contributed by atoms with van der Waals surface area (Å²) in [5, 5.41) is 32.6. The molecular weight excluding hydrogens is 436 g/mol. The number of ether oxygens (including phenoxy) is 3. The fourth-order valence-electron chi connectivity index (χ4n) is 6.25. The Bertz CT molecular complexity index is 980. The number of esters is 1. The lowest BCUT2D eigenvalue weighted by Gasteiger charge is -2.44. The molecule has 7 heteroatoms. The first kappa shape index (κ1) is 25.0. The van der Waals surface area contributed by atoms with Crippen LogP contribution in [0.5, 0.6) is 11.5 Å². The zero-order chi connectivity index (χ0) is 24.9. The van der Waals surface area contributed by atoms with Gasteiger partial charge in [-0.05, 0) is 74.5 Å². The third kappa shape index (κ3) is 4.34. The molecule has 1 saturated heterocycles. The van der Waals surface area contributed by atoms with Crippen molar-refractivity contribution in [3.05, 3.63) is 33.9 Å². The molecule has 0 amide bonds. The molecule has 1 aromatic carbocycles. The van der Waals surface area contributed by atoms with Gasteiger partial charge in [0.05, 0.1) is 6.61 Å². The molecular formula is C27H38O7. The number of phenolic OH excluding ortho intramolecular Hbond substituents is 1. The maximum atomic E-state index is 11.4. The third-order valence-corrected chi connectivity index (χ3v) is 7.77. The van der Waals surface area contributed by atoms with Gasteiger partial charge in [0.2, 0.25) is 6.29 Å². The van der Waals surface area contributed by atoms with Gasteiger partial charge in [0, 0.05) is 18.4 Å². The first-order valence-electron chi connectivity index (χ1n) is 12.4. The lowest BCUT2D eigenvalue weighted by Crippen LogP contribution is -2.56. The topological polar surface area (TPSA) is 105 Å². The van der Waals surface area contributed by atoms with Crippen LogP contribution in [0, 0.1) is 12.8 Å². The van der Waals surface area contributed by atoms with Gasteiger partial charge in [0.15, 0.2) is 17.6 Å². The zero-order valence-electron chi connectivity index (χ0n) is 21.0. The van der Waals surface area contributed by atoms with E-state index in [1.54, 1.807) is 0 Å². The summed E-state index contributed by atoms with van der Waals surface area (Å²) in [6.45, 7) is 11.7. The minimum absolute atomic E-state index is 0.103. The Morgan fingerprint density at radius 1 is 1.06 bits per heavy atom. The SMILES string of the molecule is CC(=O)O[C@@H]1CO[C@@H](Oc2c(C)c3c4c(c2O)[C@@H](C)CC[C@@H]4[C@@H](C)C[C@H]3C=C(C)C)[C@@H](O)[C@@H]1O. The van der Waals surface area contributed by atoms with Crippen molar-refractivity contribution in [1.29, 1.82) is 0 Å². The molecule has 8 atom stereocenters. The first-order valence-corrected chi connectivity index (χ1v) is 12.4. The number of aromatic hydroxyl groups is 1. The normalized spacial score (nSPS) is 34.7. The summed E-state index contributed by atoms with van der Waals surface area (Å²) in [5.41, 5.74) is 5.50. The quantitative estimate of drug-likeness (QED) is 0.444. The zero-order valence-corrected chi connectivity index (χ0v) is 21.0. The molecule has 3 N–H and O–H groups in total. The Hall–Kier alpha value is -2.09. The average Bonchev–Trinajstić information content (AvgIpc) is 2.74. The Kier molecular flexibility index (Phi) is 7.00. The van der Waals surface area contributed by atoms with Crippen molar-refractivity contribution in [1.82, 2.24) is 0 Å². The number of aliphatic hydroxyl groups is 2. The highest BCUT2D eigenvalue weighted by atomic mass is 16.7. The highest BCUT2D eigenvalue weighted by Crippen LogP contribution is 2.58.